The van der Waals surface area contributed by atoms with E-state index >= 15 is 0 Å². The van der Waals surface area contributed by atoms with Crippen molar-refractivity contribution >= 4 is 5.78 Å². The Kier molecular flexibility index (Phi) is 10.0. The quantitative estimate of drug-likeness (QED) is 0.313. The van der Waals surface area contributed by atoms with Crippen LogP contribution in [0.25, 0.3) is 0 Å². The molecule has 0 N–H and O–H groups in total. The highest BCUT2D eigenvalue weighted by Crippen LogP contribution is 2.28. The Balaban J connectivity index is 1.88. The number of hydrogen-bond acceptors (Lipinski definition) is 1. The van der Waals surface area contributed by atoms with Crippen LogP contribution in [0.15, 0.2) is 12.1 Å². The summed E-state index contributed by atoms with van der Waals surface area (Å²) in [5, 5.41) is 0. The third-order valence-corrected chi connectivity index (χ3v) is 5.95. The van der Waals surface area contributed by atoms with Crippen LogP contribution in [0, 0.1) is 0 Å². The Morgan fingerprint density at radius 3 is 1.73 bits per heavy atom. The van der Waals surface area contributed by atoms with E-state index in [9.17, 15) is 4.79 Å². The second-order valence-electron chi connectivity index (χ2n) is 8.24. The molecule has 146 valence electrons. The molecule has 0 aromatic heterocycles. The van der Waals surface area contributed by atoms with Crippen molar-refractivity contribution in [3.63, 3.8) is 0 Å². The smallest absolute Gasteiger partial charge is 0.163 e. The molecule has 2 rings (SSSR count). The maximum absolute atomic E-state index is 12.1. The zero-order chi connectivity index (χ0) is 18.6. The lowest BCUT2D eigenvalue weighted by Gasteiger charge is -2.13. The molecule has 0 unspecified atom stereocenters. The number of aryl methyl sites for hydroxylation is 3. The first-order valence-corrected chi connectivity index (χ1v) is 11.4. The van der Waals surface area contributed by atoms with Gasteiger partial charge in [-0.05, 0) is 54.9 Å². The summed E-state index contributed by atoms with van der Waals surface area (Å²) >= 11 is 0. The van der Waals surface area contributed by atoms with Gasteiger partial charge in [0.15, 0.2) is 5.78 Å². The first-order chi connectivity index (χ1) is 12.8. The zero-order valence-corrected chi connectivity index (χ0v) is 17.4. The molecule has 26 heavy (non-hydrogen) atoms. The van der Waals surface area contributed by atoms with E-state index in [1.165, 1.54) is 94.6 Å². The molecule has 0 bridgehead atoms. The molecule has 1 aliphatic carbocycles. The van der Waals surface area contributed by atoms with Crippen molar-refractivity contribution in [1.29, 1.82) is 0 Å². The molecule has 0 saturated heterocycles. The fourth-order valence-electron chi connectivity index (χ4n) is 4.25. The monoisotopic (exact) mass is 356 g/mol. The fourth-order valence-corrected chi connectivity index (χ4v) is 4.25. The van der Waals surface area contributed by atoms with Crippen molar-refractivity contribution in [2.45, 2.75) is 117 Å². The molecule has 1 aliphatic rings. The molecule has 0 saturated carbocycles. The summed E-state index contributed by atoms with van der Waals surface area (Å²) in [6, 6.07) is 4.65. The van der Waals surface area contributed by atoms with E-state index in [0.717, 1.165) is 24.8 Å². The summed E-state index contributed by atoms with van der Waals surface area (Å²) in [5.74, 6) is 0.371. The Labute approximate surface area is 162 Å². The number of hydrogen-bond donors (Lipinski definition) is 0. The third kappa shape index (κ3) is 6.89. The van der Waals surface area contributed by atoms with E-state index in [0.29, 0.717) is 5.78 Å². The van der Waals surface area contributed by atoms with Gasteiger partial charge in [-0.15, -0.1) is 0 Å². The average Bonchev–Trinajstić information content (AvgIpc) is 3.01. The number of carbonyl (C=O) groups excluding carboxylic acids is 1. The molecule has 0 aliphatic heterocycles. The largest absolute Gasteiger partial charge is 0.294 e. The standard InChI is InChI=1S/C25H40O/c1-3-5-7-9-11-13-15-21-19-23-17-18-25(26)24(23)20-22(21)16-14-12-10-8-6-4-2/h19-20H,3-18H2,1-2H3. The van der Waals surface area contributed by atoms with Crippen LogP contribution in [0.4, 0.5) is 0 Å². The van der Waals surface area contributed by atoms with Crippen LogP contribution in [0.2, 0.25) is 0 Å². The second kappa shape index (κ2) is 12.3. The molecule has 0 radical (unpaired) electrons. The summed E-state index contributed by atoms with van der Waals surface area (Å²) in [4.78, 5) is 12.1. The minimum Gasteiger partial charge on any atom is -0.294 e. The topological polar surface area (TPSA) is 17.1 Å². The average molecular weight is 357 g/mol. The van der Waals surface area contributed by atoms with Gasteiger partial charge in [-0.3, -0.25) is 4.79 Å². The molecular weight excluding hydrogens is 316 g/mol. The van der Waals surface area contributed by atoms with Gasteiger partial charge >= 0.3 is 0 Å². The minimum absolute atomic E-state index is 0.371. The predicted octanol–water partition coefficient (Wildman–Crippen LogP) is 7.62. The number of fused-ring (bicyclic) bond motifs is 1. The molecule has 1 aromatic carbocycles. The van der Waals surface area contributed by atoms with Crippen molar-refractivity contribution in [2.75, 3.05) is 0 Å². The lowest BCUT2D eigenvalue weighted by Crippen LogP contribution is -2.01. The van der Waals surface area contributed by atoms with E-state index in [1.54, 1.807) is 5.56 Å². The van der Waals surface area contributed by atoms with Crippen LogP contribution in [0.5, 0.6) is 0 Å². The number of Topliss-reactive ketones (excluding diaryl/α,β-unsaturated/α-hetero) is 1. The van der Waals surface area contributed by atoms with Crippen molar-refractivity contribution in [1.82, 2.24) is 0 Å². The van der Waals surface area contributed by atoms with Crippen molar-refractivity contribution < 1.29 is 4.79 Å². The summed E-state index contributed by atoms with van der Waals surface area (Å²) in [5.41, 5.74) is 5.38. The molecule has 1 nitrogen and oxygen atoms in total. The normalized spacial score (nSPS) is 13.4. The van der Waals surface area contributed by atoms with Crippen molar-refractivity contribution in [3.8, 4) is 0 Å². The summed E-state index contributed by atoms with van der Waals surface area (Å²) in [6.45, 7) is 4.55. The summed E-state index contributed by atoms with van der Waals surface area (Å²) in [7, 11) is 0. The van der Waals surface area contributed by atoms with Crippen LogP contribution in [-0.2, 0) is 19.3 Å². The van der Waals surface area contributed by atoms with E-state index in [4.69, 9.17) is 0 Å². The molecular formula is C25H40O. The SMILES string of the molecule is CCCCCCCCc1cc2c(cc1CCCCCCCC)C(=O)CC2. The van der Waals surface area contributed by atoms with Crippen molar-refractivity contribution in [3.05, 3.63) is 34.4 Å². The first kappa shape index (κ1) is 21.2. The number of ketones is 1. The van der Waals surface area contributed by atoms with Crippen LogP contribution < -0.4 is 0 Å². The van der Waals surface area contributed by atoms with Gasteiger partial charge in [0.25, 0.3) is 0 Å². The van der Waals surface area contributed by atoms with E-state index < -0.39 is 0 Å². The highest BCUT2D eigenvalue weighted by molar-refractivity contribution is 6.00. The molecule has 0 spiro atoms. The third-order valence-electron chi connectivity index (χ3n) is 5.95. The molecule has 0 heterocycles. The van der Waals surface area contributed by atoms with Gasteiger partial charge in [-0.25, -0.2) is 0 Å². The van der Waals surface area contributed by atoms with Gasteiger partial charge < -0.3 is 0 Å². The summed E-state index contributed by atoms with van der Waals surface area (Å²) < 4.78 is 0. The maximum atomic E-state index is 12.1. The van der Waals surface area contributed by atoms with Gasteiger partial charge in [0, 0.05) is 12.0 Å². The molecule has 1 heteroatoms. The highest BCUT2D eigenvalue weighted by Gasteiger charge is 2.21. The van der Waals surface area contributed by atoms with Crippen molar-refractivity contribution in [2.24, 2.45) is 0 Å². The van der Waals surface area contributed by atoms with E-state index in [-0.39, 0.29) is 0 Å². The van der Waals surface area contributed by atoms with Crippen LogP contribution in [-0.4, -0.2) is 5.78 Å². The van der Waals surface area contributed by atoms with E-state index in [2.05, 4.69) is 26.0 Å². The predicted molar refractivity (Wildman–Crippen MR) is 113 cm³/mol. The van der Waals surface area contributed by atoms with Crippen LogP contribution >= 0.6 is 0 Å². The molecule has 1 aromatic rings. The highest BCUT2D eigenvalue weighted by atomic mass is 16.1. The van der Waals surface area contributed by atoms with Crippen LogP contribution in [0.1, 0.15) is 124 Å². The number of benzene rings is 1. The maximum Gasteiger partial charge on any atom is 0.163 e. The Morgan fingerprint density at radius 2 is 1.15 bits per heavy atom. The molecule has 0 atom stereocenters. The number of carbonyl (C=O) groups is 1. The summed E-state index contributed by atoms with van der Waals surface area (Å²) in [6.07, 6.45) is 20.2. The molecule has 0 amide bonds. The Bertz CT molecular complexity index is 543. The van der Waals surface area contributed by atoms with E-state index in [1.807, 2.05) is 0 Å². The lowest BCUT2D eigenvalue weighted by molar-refractivity contribution is 0.0994. The number of rotatable bonds is 14. The van der Waals surface area contributed by atoms with Gasteiger partial charge in [0.1, 0.15) is 0 Å². The van der Waals surface area contributed by atoms with Gasteiger partial charge in [0.2, 0.25) is 0 Å². The minimum atomic E-state index is 0.371. The Hall–Kier alpha value is -1.11. The number of unbranched alkanes of at least 4 members (excludes halogenated alkanes) is 10. The van der Waals surface area contributed by atoms with Gasteiger partial charge in [-0.1, -0.05) is 84.1 Å². The fraction of sp³-hybridized carbons (Fsp3) is 0.720. The van der Waals surface area contributed by atoms with Gasteiger partial charge in [0.05, 0.1) is 0 Å². The first-order valence-electron chi connectivity index (χ1n) is 11.4. The zero-order valence-electron chi connectivity index (χ0n) is 17.4. The van der Waals surface area contributed by atoms with Crippen LogP contribution in [0.3, 0.4) is 0 Å². The Morgan fingerprint density at radius 1 is 0.654 bits per heavy atom. The van der Waals surface area contributed by atoms with Gasteiger partial charge in [-0.2, -0.15) is 0 Å². The lowest BCUT2D eigenvalue weighted by atomic mass is 9.92. The second-order valence-corrected chi connectivity index (χ2v) is 8.24. The molecule has 0 fully saturated rings.